The van der Waals surface area contributed by atoms with Gasteiger partial charge in [0.2, 0.25) is 10.0 Å². The molecular weight excluding hydrogens is 328 g/mol. The van der Waals surface area contributed by atoms with Crippen molar-refractivity contribution in [3.8, 4) is 11.5 Å². The third-order valence-corrected chi connectivity index (χ3v) is 5.92. The predicted molar refractivity (Wildman–Crippen MR) is 96.3 cm³/mol. The van der Waals surface area contributed by atoms with Crippen LogP contribution >= 0.6 is 0 Å². The van der Waals surface area contributed by atoms with E-state index in [-0.39, 0.29) is 4.90 Å². The highest BCUT2D eigenvalue weighted by atomic mass is 32.2. The van der Waals surface area contributed by atoms with Crippen LogP contribution in [0.1, 0.15) is 27.7 Å². The monoisotopic (exact) mass is 358 g/mol. The SMILES string of the molecule is COc1ccc(S(=O)(=O)N(C)CCN(C(C)C)C(C)C)cc1OC. The summed E-state index contributed by atoms with van der Waals surface area (Å²) in [5.74, 6) is 0.905. The van der Waals surface area contributed by atoms with Gasteiger partial charge in [0.15, 0.2) is 11.5 Å². The van der Waals surface area contributed by atoms with Crippen molar-refractivity contribution in [1.29, 1.82) is 0 Å². The molecule has 6 nitrogen and oxygen atoms in total. The highest BCUT2D eigenvalue weighted by Crippen LogP contribution is 2.30. The first kappa shape index (κ1) is 20.7. The molecule has 0 amide bonds. The zero-order valence-corrected chi connectivity index (χ0v) is 16.6. The van der Waals surface area contributed by atoms with Gasteiger partial charge in [-0.15, -0.1) is 0 Å². The summed E-state index contributed by atoms with van der Waals surface area (Å²) in [6.45, 7) is 9.56. The van der Waals surface area contributed by atoms with E-state index in [1.807, 2.05) is 0 Å². The second-order valence-electron chi connectivity index (χ2n) is 6.27. The summed E-state index contributed by atoms with van der Waals surface area (Å²) in [6.07, 6.45) is 0. The minimum atomic E-state index is -3.57. The first-order valence-corrected chi connectivity index (χ1v) is 9.53. The smallest absolute Gasteiger partial charge is 0.242 e. The van der Waals surface area contributed by atoms with Crippen molar-refractivity contribution in [2.45, 2.75) is 44.7 Å². The van der Waals surface area contributed by atoms with Gasteiger partial charge in [-0.1, -0.05) is 0 Å². The van der Waals surface area contributed by atoms with E-state index < -0.39 is 10.0 Å². The molecule has 0 N–H and O–H groups in total. The zero-order valence-electron chi connectivity index (χ0n) is 15.7. The van der Waals surface area contributed by atoms with Crippen LogP contribution in [0.15, 0.2) is 23.1 Å². The minimum absolute atomic E-state index is 0.197. The molecule has 0 aliphatic rings. The number of ether oxygens (including phenoxy) is 2. The molecule has 1 rings (SSSR count). The fraction of sp³-hybridized carbons (Fsp3) is 0.647. The van der Waals surface area contributed by atoms with Crippen LogP contribution in [0.25, 0.3) is 0 Å². The molecule has 0 atom stereocenters. The maximum Gasteiger partial charge on any atom is 0.242 e. The van der Waals surface area contributed by atoms with Crippen molar-refractivity contribution >= 4 is 10.0 Å². The number of nitrogens with zero attached hydrogens (tertiary/aromatic N) is 2. The van der Waals surface area contributed by atoms with E-state index in [2.05, 4.69) is 32.6 Å². The topological polar surface area (TPSA) is 59.1 Å². The minimum Gasteiger partial charge on any atom is -0.493 e. The van der Waals surface area contributed by atoms with Crippen LogP contribution in [0.2, 0.25) is 0 Å². The van der Waals surface area contributed by atoms with Crippen molar-refractivity contribution in [2.24, 2.45) is 0 Å². The second-order valence-corrected chi connectivity index (χ2v) is 8.31. The van der Waals surface area contributed by atoms with Crippen LogP contribution in [-0.2, 0) is 10.0 Å². The molecule has 0 heterocycles. The summed E-state index contributed by atoms with van der Waals surface area (Å²) in [6, 6.07) is 5.36. The molecule has 0 saturated heterocycles. The van der Waals surface area contributed by atoms with Gasteiger partial charge in [0, 0.05) is 38.3 Å². The van der Waals surface area contributed by atoms with Crippen molar-refractivity contribution in [3.63, 3.8) is 0 Å². The average Bonchev–Trinajstić information content (AvgIpc) is 2.53. The lowest BCUT2D eigenvalue weighted by Gasteiger charge is -2.32. The van der Waals surface area contributed by atoms with Crippen LogP contribution in [0.4, 0.5) is 0 Å². The number of hydrogen-bond donors (Lipinski definition) is 0. The Kier molecular flexibility index (Phi) is 7.51. The van der Waals surface area contributed by atoms with E-state index in [0.29, 0.717) is 36.7 Å². The van der Waals surface area contributed by atoms with Crippen molar-refractivity contribution in [3.05, 3.63) is 18.2 Å². The molecule has 1 aromatic rings. The van der Waals surface area contributed by atoms with Crippen LogP contribution in [0.5, 0.6) is 11.5 Å². The van der Waals surface area contributed by atoms with Crippen molar-refractivity contribution in [1.82, 2.24) is 9.21 Å². The van der Waals surface area contributed by atoms with Gasteiger partial charge in [-0.2, -0.15) is 4.31 Å². The molecular formula is C17H30N2O4S. The number of likely N-dealkylation sites (N-methyl/N-ethyl adjacent to an activating group) is 1. The molecule has 0 aliphatic carbocycles. The first-order chi connectivity index (χ1) is 11.1. The first-order valence-electron chi connectivity index (χ1n) is 8.09. The van der Waals surface area contributed by atoms with E-state index in [0.717, 1.165) is 0 Å². The van der Waals surface area contributed by atoms with Crippen LogP contribution in [-0.4, -0.2) is 64.1 Å². The summed E-state index contributed by atoms with van der Waals surface area (Å²) < 4.78 is 37.3. The Hall–Kier alpha value is -1.31. The number of rotatable bonds is 9. The lowest BCUT2D eigenvalue weighted by atomic mass is 10.2. The molecule has 0 saturated carbocycles. The van der Waals surface area contributed by atoms with E-state index in [1.54, 1.807) is 13.1 Å². The number of sulfonamides is 1. The molecule has 0 aliphatic heterocycles. The average molecular weight is 359 g/mol. The molecule has 0 radical (unpaired) electrons. The largest absolute Gasteiger partial charge is 0.493 e. The standard InChI is InChI=1S/C17H30N2O4S/c1-13(2)19(14(3)4)11-10-18(5)24(20,21)15-8-9-16(22-6)17(12-15)23-7/h8-9,12-14H,10-11H2,1-7H3. The maximum absolute atomic E-state index is 12.8. The summed E-state index contributed by atoms with van der Waals surface area (Å²) in [5.41, 5.74) is 0. The number of benzene rings is 1. The van der Waals surface area contributed by atoms with E-state index in [1.165, 1.54) is 30.7 Å². The Bertz CT molecular complexity index is 621. The molecule has 7 heteroatoms. The fourth-order valence-corrected chi connectivity index (χ4v) is 3.82. The molecule has 1 aromatic carbocycles. The van der Waals surface area contributed by atoms with Crippen molar-refractivity contribution < 1.29 is 17.9 Å². The normalized spacial score (nSPS) is 12.5. The second kappa shape index (κ2) is 8.69. The van der Waals surface area contributed by atoms with Gasteiger partial charge >= 0.3 is 0 Å². The van der Waals surface area contributed by atoms with Gasteiger partial charge in [0.1, 0.15) is 0 Å². The quantitative estimate of drug-likeness (QED) is 0.679. The van der Waals surface area contributed by atoms with Gasteiger partial charge in [-0.05, 0) is 39.8 Å². The third kappa shape index (κ3) is 4.84. The van der Waals surface area contributed by atoms with Gasteiger partial charge in [-0.25, -0.2) is 8.42 Å². The van der Waals surface area contributed by atoms with E-state index in [4.69, 9.17) is 9.47 Å². The molecule has 0 fully saturated rings. The zero-order chi connectivity index (χ0) is 18.5. The third-order valence-electron chi connectivity index (χ3n) is 4.06. The highest BCUT2D eigenvalue weighted by molar-refractivity contribution is 7.89. The Balaban J connectivity index is 2.95. The van der Waals surface area contributed by atoms with E-state index >= 15 is 0 Å². The Morgan fingerprint density at radius 3 is 1.96 bits per heavy atom. The molecule has 0 aromatic heterocycles. The predicted octanol–water partition coefficient (Wildman–Crippen LogP) is 2.44. The van der Waals surface area contributed by atoms with Gasteiger partial charge < -0.3 is 9.47 Å². The molecule has 0 spiro atoms. The molecule has 138 valence electrons. The number of hydrogen-bond acceptors (Lipinski definition) is 5. The summed E-state index contributed by atoms with van der Waals surface area (Å²) >= 11 is 0. The Morgan fingerprint density at radius 2 is 1.50 bits per heavy atom. The van der Waals surface area contributed by atoms with Crippen molar-refractivity contribution in [2.75, 3.05) is 34.4 Å². The number of methoxy groups -OCH3 is 2. The molecule has 0 bridgehead atoms. The maximum atomic E-state index is 12.8. The summed E-state index contributed by atoms with van der Waals surface area (Å²) in [5, 5.41) is 0. The van der Waals surface area contributed by atoms with Gasteiger partial charge in [-0.3, -0.25) is 4.90 Å². The highest BCUT2D eigenvalue weighted by Gasteiger charge is 2.24. The molecule has 0 unspecified atom stereocenters. The summed E-state index contributed by atoms with van der Waals surface area (Å²) in [4.78, 5) is 2.46. The van der Waals surface area contributed by atoms with Crippen LogP contribution in [0, 0.1) is 0 Å². The Morgan fingerprint density at radius 1 is 0.958 bits per heavy atom. The van der Waals surface area contributed by atoms with Gasteiger partial charge in [0.25, 0.3) is 0 Å². The molecule has 24 heavy (non-hydrogen) atoms. The van der Waals surface area contributed by atoms with Crippen LogP contribution < -0.4 is 9.47 Å². The Labute approximate surface area is 146 Å². The summed E-state index contributed by atoms with van der Waals surface area (Å²) in [7, 11) is 1.04. The lowest BCUT2D eigenvalue weighted by molar-refractivity contribution is 0.167. The fourth-order valence-electron chi connectivity index (χ4n) is 2.65. The van der Waals surface area contributed by atoms with Crippen LogP contribution in [0.3, 0.4) is 0 Å². The lowest BCUT2D eigenvalue weighted by Crippen LogP contribution is -2.43. The van der Waals surface area contributed by atoms with Gasteiger partial charge in [0.05, 0.1) is 19.1 Å². The van der Waals surface area contributed by atoms with E-state index in [9.17, 15) is 8.42 Å².